The predicted octanol–water partition coefficient (Wildman–Crippen LogP) is 3.93. The Morgan fingerprint density at radius 3 is 2.33 bits per heavy atom. The Hall–Kier alpha value is -2.28. The number of hydrogen-bond donors (Lipinski definition) is 0. The molecule has 0 saturated carbocycles. The van der Waals surface area contributed by atoms with Gasteiger partial charge in [-0.2, -0.15) is 0 Å². The average Bonchev–Trinajstić information content (AvgIpc) is 2.68. The molecule has 0 spiro atoms. The number of carbonyl (C=O) groups is 2. The van der Waals surface area contributed by atoms with Crippen molar-refractivity contribution in [3.05, 3.63) is 33.8 Å². The third kappa shape index (κ3) is 4.71. The summed E-state index contributed by atoms with van der Waals surface area (Å²) in [5, 5.41) is 0. The number of benzene rings is 1. The molecule has 0 saturated heterocycles. The van der Waals surface area contributed by atoms with Crippen LogP contribution < -0.4 is 14.2 Å². The van der Waals surface area contributed by atoms with Crippen LogP contribution in [0, 0.1) is 0 Å². The largest absolute Gasteiger partial charge is 0.493 e. The van der Waals surface area contributed by atoms with E-state index in [-0.39, 0.29) is 11.8 Å². The summed E-state index contributed by atoms with van der Waals surface area (Å²) in [4.78, 5) is 26.6. The number of imide groups is 1. The number of halogens is 1. The van der Waals surface area contributed by atoms with Crippen LogP contribution in [0.15, 0.2) is 28.3 Å². The van der Waals surface area contributed by atoms with Crippen LogP contribution in [0.1, 0.15) is 31.7 Å². The maximum Gasteiger partial charge on any atom is 0.267 e. The zero-order chi connectivity index (χ0) is 20.0. The summed E-state index contributed by atoms with van der Waals surface area (Å²) in [5.74, 6) is 0.914. The Morgan fingerprint density at radius 1 is 1.19 bits per heavy atom. The van der Waals surface area contributed by atoms with E-state index in [0.29, 0.717) is 46.7 Å². The van der Waals surface area contributed by atoms with Gasteiger partial charge in [-0.15, -0.1) is 0 Å². The van der Waals surface area contributed by atoms with Crippen molar-refractivity contribution in [1.29, 1.82) is 0 Å². The van der Waals surface area contributed by atoms with Crippen LogP contribution in [0.25, 0.3) is 6.08 Å². The van der Waals surface area contributed by atoms with Crippen molar-refractivity contribution in [2.75, 3.05) is 27.9 Å². The molecule has 0 aliphatic carbocycles. The van der Waals surface area contributed by atoms with E-state index in [2.05, 4.69) is 15.9 Å². The van der Waals surface area contributed by atoms with Crippen molar-refractivity contribution >= 4 is 33.8 Å². The first-order chi connectivity index (χ1) is 13.0. The molecule has 0 atom stereocenters. The van der Waals surface area contributed by atoms with Gasteiger partial charge in [0.15, 0.2) is 11.5 Å². The standard InChI is InChI=1S/C20H24BrNO5/c1-5-7-14(19(23)22-9-6-8-15(21)20(22)24)10-13-11-16(25-2)18(27-4)17(12-13)26-3/h8,10-12H,5-7,9H2,1-4H3/b14-10+. The average molecular weight is 438 g/mol. The van der Waals surface area contributed by atoms with Gasteiger partial charge in [0.05, 0.1) is 25.8 Å². The van der Waals surface area contributed by atoms with E-state index < -0.39 is 0 Å². The van der Waals surface area contributed by atoms with E-state index in [1.807, 2.05) is 6.92 Å². The first kappa shape index (κ1) is 21.0. The van der Waals surface area contributed by atoms with Gasteiger partial charge in [-0.05, 0) is 52.5 Å². The summed E-state index contributed by atoms with van der Waals surface area (Å²) in [6.45, 7) is 2.37. The minimum absolute atomic E-state index is 0.277. The highest BCUT2D eigenvalue weighted by Crippen LogP contribution is 2.39. The Kier molecular flexibility index (Phi) is 7.47. The second kappa shape index (κ2) is 9.60. The van der Waals surface area contributed by atoms with Crippen molar-refractivity contribution in [3.8, 4) is 17.2 Å². The van der Waals surface area contributed by atoms with Crippen molar-refractivity contribution in [3.63, 3.8) is 0 Å². The summed E-state index contributed by atoms with van der Waals surface area (Å²) in [7, 11) is 4.62. The van der Waals surface area contributed by atoms with Crippen molar-refractivity contribution in [2.24, 2.45) is 0 Å². The van der Waals surface area contributed by atoms with Crippen LogP contribution in [0.4, 0.5) is 0 Å². The zero-order valence-electron chi connectivity index (χ0n) is 16.0. The van der Waals surface area contributed by atoms with Crippen LogP contribution in [0.5, 0.6) is 17.2 Å². The number of hydrogen-bond acceptors (Lipinski definition) is 5. The number of amides is 2. The molecule has 2 rings (SSSR count). The molecular weight excluding hydrogens is 414 g/mol. The van der Waals surface area contributed by atoms with E-state index in [1.165, 1.54) is 12.0 Å². The van der Waals surface area contributed by atoms with Crippen molar-refractivity contribution in [2.45, 2.75) is 26.2 Å². The Balaban J connectivity index is 2.44. The van der Waals surface area contributed by atoms with E-state index in [4.69, 9.17) is 14.2 Å². The Bertz CT molecular complexity index is 760. The maximum atomic E-state index is 13.0. The minimum atomic E-state index is -0.307. The summed E-state index contributed by atoms with van der Waals surface area (Å²) in [6, 6.07) is 3.55. The van der Waals surface area contributed by atoms with Crippen LogP contribution in [0.2, 0.25) is 0 Å². The van der Waals surface area contributed by atoms with E-state index in [0.717, 1.165) is 12.0 Å². The zero-order valence-corrected chi connectivity index (χ0v) is 17.6. The van der Waals surface area contributed by atoms with E-state index >= 15 is 0 Å². The molecule has 1 aliphatic heterocycles. The molecule has 7 heteroatoms. The molecule has 146 valence electrons. The monoisotopic (exact) mass is 437 g/mol. The molecule has 6 nitrogen and oxygen atoms in total. The fourth-order valence-electron chi connectivity index (χ4n) is 2.90. The van der Waals surface area contributed by atoms with Crippen molar-refractivity contribution in [1.82, 2.24) is 4.90 Å². The Morgan fingerprint density at radius 2 is 1.81 bits per heavy atom. The maximum absolute atomic E-state index is 13.0. The molecule has 1 aromatic carbocycles. The molecule has 0 fully saturated rings. The highest BCUT2D eigenvalue weighted by atomic mass is 79.9. The fourth-order valence-corrected chi connectivity index (χ4v) is 3.34. The molecule has 0 N–H and O–H groups in total. The molecule has 27 heavy (non-hydrogen) atoms. The fraction of sp³-hybridized carbons (Fsp3) is 0.400. The van der Waals surface area contributed by atoms with Gasteiger partial charge < -0.3 is 14.2 Å². The normalized spacial score (nSPS) is 14.7. The topological polar surface area (TPSA) is 65.1 Å². The molecule has 0 unspecified atom stereocenters. The molecule has 2 amide bonds. The lowest BCUT2D eigenvalue weighted by molar-refractivity contribution is -0.140. The van der Waals surface area contributed by atoms with Gasteiger partial charge in [0.1, 0.15) is 0 Å². The third-order valence-electron chi connectivity index (χ3n) is 4.19. The summed E-state index contributed by atoms with van der Waals surface area (Å²) in [5.41, 5.74) is 1.29. The number of nitrogens with zero attached hydrogens (tertiary/aromatic N) is 1. The molecule has 1 aromatic rings. The van der Waals surface area contributed by atoms with Gasteiger partial charge in [-0.3, -0.25) is 14.5 Å². The minimum Gasteiger partial charge on any atom is -0.493 e. The summed E-state index contributed by atoms with van der Waals surface area (Å²) >= 11 is 3.22. The highest BCUT2D eigenvalue weighted by molar-refractivity contribution is 9.12. The van der Waals surface area contributed by atoms with Gasteiger partial charge in [0.25, 0.3) is 11.8 Å². The van der Waals surface area contributed by atoms with Gasteiger partial charge >= 0.3 is 0 Å². The molecule has 1 heterocycles. The quantitative estimate of drug-likeness (QED) is 0.604. The highest BCUT2D eigenvalue weighted by Gasteiger charge is 2.28. The lowest BCUT2D eigenvalue weighted by Gasteiger charge is -2.24. The van der Waals surface area contributed by atoms with Crippen LogP contribution >= 0.6 is 15.9 Å². The summed E-state index contributed by atoms with van der Waals surface area (Å²) in [6.07, 6.45) is 5.54. The molecule has 0 aromatic heterocycles. The first-order valence-electron chi connectivity index (χ1n) is 8.69. The van der Waals surface area contributed by atoms with Crippen LogP contribution in [0.3, 0.4) is 0 Å². The smallest absolute Gasteiger partial charge is 0.267 e. The van der Waals surface area contributed by atoms with Crippen LogP contribution in [-0.4, -0.2) is 44.6 Å². The molecule has 0 radical (unpaired) electrons. The van der Waals surface area contributed by atoms with Gasteiger partial charge in [-0.1, -0.05) is 19.4 Å². The number of ether oxygens (including phenoxy) is 3. The number of carbonyl (C=O) groups excluding carboxylic acids is 2. The molecular formula is C20H24BrNO5. The Labute approximate surface area is 167 Å². The third-order valence-corrected chi connectivity index (χ3v) is 4.86. The summed E-state index contributed by atoms with van der Waals surface area (Å²) < 4.78 is 16.5. The van der Waals surface area contributed by atoms with E-state index in [1.54, 1.807) is 38.5 Å². The number of methoxy groups -OCH3 is 3. The molecule has 1 aliphatic rings. The second-order valence-electron chi connectivity index (χ2n) is 5.98. The van der Waals surface area contributed by atoms with E-state index in [9.17, 15) is 9.59 Å². The lowest BCUT2D eigenvalue weighted by atomic mass is 10.0. The van der Waals surface area contributed by atoms with Crippen molar-refractivity contribution < 1.29 is 23.8 Å². The van der Waals surface area contributed by atoms with Gasteiger partial charge in [0, 0.05) is 12.1 Å². The SMILES string of the molecule is CCC/C(=C\c1cc(OC)c(OC)c(OC)c1)C(=O)N1CCC=C(Br)C1=O. The first-order valence-corrected chi connectivity index (χ1v) is 9.48. The van der Waals surface area contributed by atoms with Gasteiger partial charge in [-0.25, -0.2) is 0 Å². The van der Waals surface area contributed by atoms with Gasteiger partial charge in [0.2, 0.25) is 5.75 Å². The van der Waals surface area contributed by atoms with Crippen LogP contribution in [-0.2, 0) is 9.59 Å². The molecule has 0 bridgehead atoms. The number of rotatable bonds is 7. The predicted molar refractivity (Wildman–Crippen MR) is 107 cm³/mol. The second-order valence-corrected chi connectivity index (χ2v) is 6.84. The lowest BCUT2D eigenvalue weighted by Crippen LogP contribution is -2.40.